The van der Waals surface area contributed by atoms with Crippen molar-refractivity contribution in [2.24, 2.45) is 17.4 Å². The van der Waals surface area contributed by atoms with Crippen molar-refractivity contribution in [2.45, 2.75) is 57.7 Å². The Morgan fingerprint density at radius 2 is 1.86 bits per heavy atom. The van der Waals surface area contributed by atoms with Crippen LogP contribution < -0.4 is 22.1 Å². The zero-order valence-electron chi connectivity index (χ0n) is 16.0. The van der Waals surface area contributed by atoms with Crippen LogP contribution in [0.1, 0.15) is 38.8 Å². The van der Waals surface area contributed by atoms with Gasteiger partial charge in [0.05, 0.1) is 12.4 Å². The highest BCUT2D eigenvalue weighted by atomic mass is 16.4. The molecule has 0 aliphatic carbocycles. The van der Waals surface area contributed by atoms with Crippen LogP contribution in [0.3, 0.4) is 0 Å². The van der Waals surface area contributed by atoms with Gasteiger partial charge in [0, 0.05) is 24.7 Å². The van der Waals surface area contributed by atoms with Gasteiger partial charge in [0.25, 0.3) is 0 Å². The Hall–Kier alpha value is -2.95. The van der Waals surface area contributed by atoms with Gasteiger partial charge < -0.3 is 32.2 Å². The smallest absolute Gasteiger partial charge is 0.326 e. The topological polar surface area (TPSA) is 193 Å². The van der Waals surface area contributed by atoms with E-state index in [0.717, 1.165) is 0 Å². The zero-order valence-corrected chi connectivity index (χ0v) is 16.0. The third kappa shape index (κ3) is 7.35. The number of H-pyrrole nitrogens is 1. The summed E-state index contributed by atoms with van der Waals surface area (Å²) < 4.78 is 0. The van der Waals surface area contributed by atoms with Crippen LogP contribution in [0.15, 0.2) is 12.5 Å². The van der Waals surface area contributed by atoms with Crippen LogP contribution in [0.2, 0.25) is 0 Å². The summed E-state index contributed by atoms with van der Waals surface area (Å²) >= 11 is 0. The molecule has 28 heavy (non-hydrogen) atoms. The minimum absolute atomic E-state index is 0.0625. The molecule has 1 heterocycles. The van der Waals surface area contributed by atoms with Crippen molar-refractivity contribution < 1.29 is 24.3 Å². The first kappa shape index (κ1) is 23.1. The summed E-state index contributed by atoms with van der Waals surface area (Å²) in [6, 6.07) is -3.20. The van der Waals surface area contributed by atoms with Crippen molar-refractivity contribution in [3.8, 4) is 0 Å². The highest BCUT2D eigenvalue weighted by Gasteiger charge is 2.29. The molecule has 1 rings (SSSR count). The SMILES string of the molecule is CCC(C)C(N)C(=O)NC(Cc1cnc[nH]1)C(=O)NC(CCC(N)=O)C(=O)O. The number of nitrogens with zero attached hydrogens (tertiary/aromatic N) is 1. The normalized spacial score (nSPS) is 15.1. The first-order valence-corrected chi connectivity index (χ1v) is 9.00. The number of carboxylic acids is 1. The van der Waals surface area contributed by atoms with Crippen LogP contribution in [-0.2, 0) is 25.6 Å². The van der Waals surface area contributed by atoms with Gasteiger partial charge in [-0.05, 0) is 12.3 Å². The van der Waals surface area contributed by atoms with Crippen LogP contribution in [0.5, 0.6) is 0 Å². The van der Waals surface area contributed by atoms with Gasteiger partial charge in [0.2, 0.25) is 17.7 Å². The predicted octanol–water partition coefficient (Wildman–Crippen LogP) is -1.35. The van der Waals surface area contributed by atoms with E-state index in [1.807, 2.05) is 13.8 Å². The number of carbonyl (C=O) groups excluding carboxylic acids is 3. The summed E-state index contributed by atoms with van der Waals surface area (Å²) in [5.74, 6) is -3.31. The van der Waals surface area contributed by atoms with Gasteiger partial charge in [-0.25, -0.2) is 9.78 Å². The van der Waals surface area contributed by atoms with Gasteiger partial charge in [-0.2, -0.15) is 0 Å². The number of imidazole rings is 1. The van der Waals surface area contributed by atoms with Crippen LogP contribution >= 0.6 is 0 Å². The number of hydrogen-bond donors (Lipinski definition) is 6. The second-order valence-corrected chi connectivity index (χ2v) is 6.66. The lowest BCUT2D eigenvalue weighted by atomic mass is 9.98. The third-order valence-electron chi connectivity index (χ3n) is 4.47. The molecule has 0 saturated heterocycles. The van der Waals surface area contributed by atoms with E-state index in [-0.39, 0.29) is 25.2 Å². The lowest BCUT2D eigenvalue weighted by molar-refractivity contribution is -0.142. The van der Waals surface area contributed by atoms with Gasteiger partial charge in [-0.3, -0.25) is 14.4 Å². The lowest BCUT2D eigenvalue weighted by Crippen LogP contribution is -2.56. The number of hydrogen-bond acceptors (Lipinski definition) is 6. The Kier molecular flexibility index (Phi) is 9.09. The fourth-order valence-corrected chi connectivity index (χ4v) is 2.42. The van der Waals surface area contributed by atoms with E-state index in [1.165, 1.54) is 12.5 Å². The molecule has 0 aliphatic heterocycles. The standard InChI is InChI=1S/C17H28N6O5/c1-3-9(2)14(19)16(26)23-12(6-10-7-20-8-21-10)15(25)22-11(17(27)28)4-5-13(18)24/h7-9,11-12,14H,3-6,19H2,1-2H3,(H2,18,24)(H,20,21)(H,22,25)(H,23,26)(H,27,28). The Balaban J connectivity index is 2.90. The number of aromatic amines is 1. The maximum Gasteiger partial charge on any atom is 0.326 e. The van der Waals surface area contributed by atoms with Crippen LogP contribution in [0.25, 0.3) is 0 Å². The summed E-state index contributed by atoms with van der Waals surface area (Å²) in [6.07, 6.45) is 3.29. The lowest BCUT2D eigenvalue weighted by Gasteiger charge is -2.24. The number of amides is 3. The van der Waals surface area contributed by atoms with E-state index < -0.39 is 41.8 Å². The summed E-state index contributed by atoms with van der Waals surface area (Å²) in [5, 5.41) is 14.2. The zero-order chi connectivity index (χ0) is 21.3. The second kappa shape index (κ2) is 11.0. The number of nitrogens with one attached hydrogen (secondary N) is 3. The first-order chi connectivity index (χ1) is 13.1. The Bertz CT molecular complexity index is 678. The van der Waals surface area contributed by atoms with E-state index in [2.05, 4.69) is 20.6 Å². The van der Waals surface area contributed by atoms with E-state index in [9.17, 15) is 24.3 Å². The van der Waals surface area contributed by atoms with Crippen molar-refractivity contribution in [1.29, 1.82) is 0 Å². The van der Waals surface area contributed by atoms with Gasteiger partial charge >= 0.3 is 5.97 Å². The van der Waals surface area contributed by atoms with Gasteiger partial charge in [0.1, 0.15) is 12.1 Å². The van der Waals surface area contributed by atoms with Crippen molar-refractivity contribution in [2.75, 3.05) is 0 Å². The molecule has 0 fully saturated rings. The minimum atomic E-state index is -1.32. The number of carboxylic acid groups (broad SMARTS) is 1. The minimum Gasteiger partial charge on any atom is -0.480 e. The summed E-state index contributed by atoms with van der Waals surface area (Å²) in [5.41, 5.74) is 11.5. The van der Waals surface area contributed by atoms with E-state index >= 15 is 0 Å². The van der Waals surface area contributed by atoms with Gasteiger partial charge in [-0.1, -0.05) is 20.3 Å². The molecule has 3 amide bonds. The average Bonchev–Trinajstić information content (AvgIpc) is 3.15. The number of primary amides is 1. The first-order valence-electron chi connectivity index (χ1n) is 9.00. The molecule has 1 aromatic rings. The molecule has 0 aromatic carbocycles. The van der Waals surface area contributed by atoms with Crippen LogP contribution in [0, 0.1) is 5.92 Å². The number of carbonyl (C=O) groups is 4. The Morgan fingerprint density at radius 1 is 1.21 bits per heavy atom. The fourth-order valence-electron chi connectivity index (χ4n) is 2.42. The van der Waals surface area contributed by atoms with Gasteiger partial charge in [0.15, 0.2) is 0 Å². The van der Waals surface area contributed by atoms with Crippen molar-refractivity contribution >= 4 is 23.7 Å². The molecule has 156 valence electrons. The van der Waals surface area contributed by atoms with Crippen LogP contribution in [-0.4, -0.2) is 56.9 Å². The molecule has 11 nitrogen and oxygen atoms in total. The highest BCUT2D eigenvalue weighted by Crippen LogP contribution is 2.07. The third-order valence-corrected chi connectivity index (χ3v) is 4.47. The molecule has 0 spiro atoms. The number of aliphatic carboxylic acids is 1. The molecule has 11 heteroatoms. The van der Waals surface area contributed by atoms with E-state index in [1.54, 1.807) is 0 Å². The number of rotatable bonds is 12. The van der Waals surface area contributed by atoms with E-state index in [4.69, 9.17) is 11.5 Å². The molecule has 4 atom stereocenters. The van der Waals surface area contributed by atoms with Crippen molar-refractivity contribution in [3.63, 3.8) is 0 Å². The Labute approximate surface area is 162 Å². The second-order valence-electron chi connectivity index (χ2n) is 6.66. The molecule has 0 saturated carbocycles. The molecule has 4 unspecified atom stereocenters. The molecular formula is C17H28N6O5. The average molecular weight is 396 g/mol. The molecule has 0 radical (unpaired) electrons. The molecule has 0 aliphatic rings. The number of aromatic nitrogens is 2. The largest absolute Gasteiger partial charge is 0.480 e. The molecule has 1 aromatic heterocycles. The summed E-state index contributed by atoms with van der Waals surface area (Å²) in [7, 11) is 0. The molecule has 0 bridgehead atoms. The van der Waals surface area contributed by atoms with Crippen molar-refractivity contribution in [1.82, 2.24) is 20.6 Å². The predicted molar refractivity (Wildman–Crippen MR) is 99.6 cm³/mol. The van der Waals surface area contributed by atoms with Crippen molar-refractivity contribution in [3.05, 3.63) is 18.2 Å². The highest BCUT2D eigenvalue weighted by molar-refractivity contribution is 5.92. The Morgan fingerprint density at radius 3 is 2.36 bits per heavy atom. The quantitative estimate of drug-likeness (QED) is 0.251. The van der Waals surface area contributed by atoms with Crippen LogP contribution in [0.4, 0.5) is 0 Å². The molecule has 8 N–H and O–H groups in total. The maximum absolute atomic E-state index is 12.6. The molecular weight excluding hydrogens is 368 g/mol. The maximum atomic E-state index is 12.6. The monoisotopic (exact) mass is 396 g/mol. The van der Waals surface area contributed by atoms with E-state index in [0.29, 0.717) is 12.1 Å². The van der Waals surface area contributed by atoms with Gasteiger partial charge in [-0.15, -0.1) is 0 Å². The summed E-state index contributed by atoms with van der Waals surface area (Å²) in [6.45, 7) is 3.71. The summed E-state index contributed by atoms with van der Waals surface area (Å²) in [4.78, 5) is 54.0. The number of nitrogens with two attached hydrogens (primary N) is 2. The fraction of sp³-hybridized carbons (Fsp3) is 0.588.